The Balaban J connectivity index is 2.36. The zero-order valence-electron chi connectivity index (χ0n) is 4.80. The van der Waals surface area contributed by atoms with Gasteiger partial charge in [0.15, 0.2) is 0 Å². The Morgan fingerprint density at radius 2 is 2.67 bits per heavy atom. The lowest BCUT2D eigenvalue weighted by atomic mass is 10.6. The maximum absolute atomic E-state index is 10.7. The lowest BCUT2D eigenvalue weighted by molar-refractivity contribution is -0.129. The molecule has 0 aliphatic carbocycles. The molecule has 0 atom stereocenters. The summed E-state index contributed by atoms with van der Waals surface area (Å²) < 4.78 is 0. The van der Waals surface area contributed by atoms with Gasteiger partial charge in [0.25, 0.3) is 5.91 Å². The van der Waals surface area contributed by atoms with Crippen molar-refractivity contribution in [2.24, 2.45) is 0 Å². The summed E-state index contributed by atoms with van der Waals surface area (Å²) in [5.74, 6) is -0.0593. The van der Waals surface area contributed by atoms with Crippen molar-refractivity contribution < 1.29 is 4.79 Å². The molecule has 0 bridgehead atoms. The van der Waals surface area contributed by atoms with Gasteiger partial charge in [-0.25, -0.2) is 0 Å². The summed E-state index contributed by atoms with van der Waals surface area (Å²) in [6.07, 6.45) is 3.56. The highest BCUT2D eigenvalue weighted by molar-refractivity contribution is 6.27. The number of rotatable bonds is 1. The van der Waals surface area contributed by atoms with Crippen molar-refractivity contribution in [1.82, 2.24) is 10.4 Å². The molecule has 1 N–H and O–H groups in total. The van der Waals surface area contributed by atoms with E-state index in [0.717, 1.165) is 0 Å². The molecule has 3 nitrogen and oxygen atoms in total. The number of nitrogens with one attached hydrogen (secondary N) is 1. The van der Waals surface area contributed by atoms with Gasteiger partial charge in [0.05, 0.1) is 6.54 Å². The average Bonchev–Trinajstić information content (AvgIpc) is 2.37. The number of halogens is 1. The lowest BCUT2D eigenvalue weighted by Gasteiger charge is -2.13. The van der Waals surface area contributed by atoms with Crippen LogP contribution in [0.25, 0.3) is 0 Å². The van der Waals surface area contributed by atoms with Gasteiger partial charge in [-0.05, 0) is 6.08 Å². The molecule has 1 aliphatic heterocycles. The van der Waals surface area contributed by atoms with Gasteiger partial charge in [-0.1, -0.05) is 0 Å². The monoisotopic (exact) mass is 146 g/mol. The summed E-state index contributed by atoms with van der Waals surface area (Å²) in [5.41, 5.74) is 2.73. The Kier molecular flexibility index (Phi) is 1.95. The second-order valence-electron chi connectivity index (χ2n) is 1.67. The van der Waals surface area contributed by atoms with E-state index in [0.29, 0.717) is 6.54 Å². The van der Waals surface area contributed by atoms with E-state index in [-0.39, 0.29) is 11.8 Å². The molecule has 1 rings (SSSR count). The third-order valence-corrected chi connectivity index (χ3v) is 1.28. The van der Waals surface area contributed by atoms with E-state index in [4.69, 9.17) is 11.6 Å². The van der Waals surface area contributed by atoms with Crippen molar-refractivity contribution in [3.63, 3.8) is 0 Å². The molecule has 0 unspecified atom stereocenters. The van der Waals surface area contributed by atoms with Crippen LogP contribution in [0.5, 0.6) is 0 Å². The fourth-order valence-corrected chi connectivity index (χ4v) is 0.744. The van der Waals surface area contributed by atoms with E-state index < -0.39 is 0 Å². The fourth-order valence-electron chi connectivity index (χ4n) is 0.599. The third kappa shape index (κ3) is 1.36. The standard InChI is InChI=1S/C5H7ClN2O/c6-4-5(9)8-3-1-2-7-8/h1-2,7H,3-4H2. The lowest BCUT2D eigenvalue weighted by Crippen LogP contribution is -2.37. The van der Waals surface area contributed by atoms with Gasteiger partial charge in [0, 0.05) is 6.20 Å². The molecule has 4 heteroatoms. The minimum Gasteiger partial charge on any atom is -0.303 e. The van der Waals surface area contributed by atoms with Crippen molar-refractivity contribution >= 4 is 17.5 Å². The number of carbonyl (C=O) groups excluding carboxylic acids is 1. The predicted molar refractivity (Wildman–Crippen MR) is 34.7 cm³/mol. The summed E-state index contributed by atoms with van der Waals surface area (Å²) in [6, 6.07) is 0. The third-order valence-electron chi connectivity index (χ3n) is 1.05. The molecule has 1 amide bonds. The molecule has 50 valence electrons. The van der Waals surface area contributed by atoms with E-state index in [2.05, 4.69) is 5.43 Å². The SMILES string of the molecule is O=C(CCl)N1CC=CN1. The second-order valence-corrected chi connectivity index (χ2v) is 1.94. The molecular weight excluding hydrogens is 140 g/mol. The van der Waals surface area contributed by atoms with Crippen LogP contribution < -0.4 is 5.43 Å². The first-order valence-corrected chi connectivity index (χ1v) is 3.15. The molecule has 0 aromatic heterocycles. The van der Waals surface area contributed by atoms with Gasteiger partial charge >= 0.3 is 0 Å². The number of hydrogen-bond donors (Lipinski definition) is 1. The van der Waals surface area contributed by atoms with Crippen molar-refractivity contribution in [3.05, 3.63) is 12.3 Å². The Labute approximate surface area is 58.2 Å². The summed E-state index contributed by atoms with van der Waals surface area (Å²) in [5, 5.41) is 1.45. The van der Waals surface area contributed by atoms with E-state index >= 15 is 0 Å². The second kappa shape index (κ2) is 2.73. The first-order chi connectivity index (χ1) is 4.34. The van der Waals surface area contributed by atoms with Crippen LogP contribution in [0.1, 0.15) is 0 Å². The summed E-state index contributed by atoms with van der Waals surface area (Å²) in [4.78, 5) is 10.7. The number of amides is 1. The molecular formula is C5H7ClN2O. The number of hydrogen-bond acceptors (Lipinski definition) is 2. The topological polar surface area (TPSA) is 32.3 Å². The number of hydrazine groups is 1. The molecule has 0 aromatic rings. The largest absolute Gasteiger partial charge is 0.303 e. The van der Waals surface area contributed by atoms with Crippen LogP contribution in [0, 0.1) is 0 Å². The van der Waals surface area contributed by atoms with Crippen molar-refractivity contribution in [2.45, 2.75) is 0 Å². The zero-order chi connectivity index (χ0) is 6.69. The van der Waals surface area contributed by atoms with Gasteiger partial charge in [-0.2, -0.15) is 0 Å². The van der Waals surface area contributed by atoms with E-state index in [1.807, 2.05) is 6.08 Å². The molecule has 0 spiro atoms. The minimum absolute atomic E-state index is 0.0364. The highest BCUT2D eigenvalue weighted by Crippen LogP contribution is 1.93. The molecule has 1 heterocycles. The molecule has 0 radical (unpaired) electrons. The zero-order valence-corrected chi connectivity index (χ0v) is 5.56. The normalized spacial score (nSPS) is 15.9. The average molecular weight is 147 g/mol. The maximum Gasteiger partial charge on any atom is 0.256 e. The van der Waals surface area contributed by atoms with Gasteiger partial charge in [-0.15, -0.1) is 11.6 Å². The van der Waals surface area contributed by atoms with Crippen LogP contribution in [0.2, 0.25) is 0 Å². The maximum atomic E-state index is 10.7. The smallest absolute Gasteiger partial charge is 0.256 e. The number of nitrogens with zero attached hydrogens (tertiary/aromatic N) is 1. The van der Waals surface area contributed by atoms with Crippen molar-refractivity contribution in [2.75, 3.05) is 12.4 Å². The van der Waals surface area contributed by atoms with Gasteiger partial charge in [-0.3, -0.25) is 9.80 Å². The summed E-state index contributed by atoms with van der Waals surface area (Å²) in [6.45, 7) is 0.617. The number of carbonyl (C=O) groups is 1. The molecule has 1 aliphatic rings. The van der Waals surface area contributed by atoms with Crippen molar-refractivity contribution in [3.8, 4) is 0 Å². The van der Waals surface area contributed by atoms with E-state index in [1.165, 1.54) is 5.01 Å². The molecule has 9 heavy (non-hydrogen) atoms. The van der Waals surface area contributed by atoms with Gasteiger partial charge in [0.1, 0.15) is 5.88 Å². The van der Waals surface area contributed by atoms with Gasteiger partial charge in [0.2, 0.25) is 0 Å². The molecule has 0 saturated carbocycles. The Bertz CT molecular complexity index is 138. The fraction of sp³-hybridized carbons (Fsp3) is 0.400. The summed E-state index contributed by atoms with van der Waals surface area (Å²) in [7, 11) is 0. The quantitative estimate of drug-likeness (QED) is 0.532. The van der Waals surface area contributed by atoms with Gasteiger partial charge < -0.3 is 5.43 Å². The van der Waals surface area contributed by atoms with Crippen LogP contribution in [0.4, 0.5) is 0 Å². The molecule has 0 fully saturated rings. The Morgan fingerprint density at radius 1 is 1.89 bits per heavy atom. The summed E-state index contributed by atoms with van der Waals surface area (Å²) >= 11 is 5.27. The van der Waals surface area contributed by atoms with Crippen LogP contribution in [0.3, 0.4) is 0 Å². The van der Waals surface area contributed by atoms with Crippen LogP contribution >= 0.6 is 11.6 Å². The predicted octanol–water partition coefficient (Wildman–Crippen LogP) is 0.0857. The number of alkyl halides is 1. The highest BCUT2D eigenvalue weighted by atomic mass is 35.5. The van der Waals surface area contributed by atoms with Crippen LogP contribution in [0.15, 0.2) is 12.3 Å². The molecule has 0 aromatic carbocycles. The highest BCUT2D eigenvalue weighted by Gasteiger charge is 2.10. The minimum atomic E-state index is -0.0957. The van der Waals surface area contributed by atoms with Crippen LogP contribution in [-0.2, 0) is 4.79 Å². The van der Waals surface area contributed by atoms with Crippen LogP contribution in [-0.4, -0.2) is 23.3 Å². The Hall–Kier alpha value is -0.700. The first kappa shape index (κ1) is 6.42. The van der Waals surface area contributed by atoms with Crippen molar-refractivity contribution in [1.29, 1.82) is 0 Å². The van der Waals surface area contributed by atoms with E-state index in [1.54, 1.807) is 6.20 Å². The van der Waals surface area contributed by atoms with E-state index in [9.17, 15) is 4.79 Å². The Morgan fingerprint density at radius 3 is 3.11 bits per heavy atom. The molecule has 0 saturated heterocycles. The first-order valence-electron chi connectivity index (χ1n) is 2.62.